The van der Waals surface area contributed by atoms with Gasteiger partial charge in [0, 0.05) is 18.4 Å². The van der Waals surface area contributed by atoms with Crippen molar-refractivity contribution >= 4 is 17.5 Å². The molecule has 0 atom stereocenters. The highest BCUT2D eigenvalue weighted by Gasteiger charge is 2.19. The molecule has 1 aromatic rings. The van der Waals surface area contributed by atoms with Crippen LogP contribution in [0.2, 0.25) is 0 Å². The van der Waals surface area contributed by atoms with Gasteiger partial charge >= 0.3 is 0 Å². The fraction of sp³-hybridized carbons (Fsp3) is 0.333. The molecule has 0 aliphatic carbocycles. The normalized spacial score (nSPS) is 13.1. The molecule has 1 aliphatic rings. The van der Waals surface area contributed by atoms with Gasteiger partial charge in [0.05, 0.1) is 19.6 Å². The predicted octanol–water partition coefficient (Wildman–Crippen LogP) is 0.489. The third-order valence-electron chi connectivity index (χ3n) is 2.55. The summed E-state index contributed by atoms with van der Waals surface area (Å²) in [5, 5.41) is 2.70. The number of benzene rings is 1. The van der Waals surface area contributed by atoms with Crippen LogP contribution in [0.5, 0.6) is 0 Å². The van der Waals surface area contributed by atoms with Crippen molar-refractivity contribution in [1.82, 2.24) is 5.48 Å². The first kappa shape index (κ1) is 12.5. The second-order valence-electron chi connectivity index (χ2n) is 3.87. The lowest BCUT2D eigenvalue weighted by Crippen LogP contribution is -2.25. The molecule has 0 spiro atoms. The molecular formula is C12H14N2O4. The molecule has 1 heterocycles. The van der Waals surface area contributed by atoms with Gasteiger partial charge < -0.3 is 10.1 Å². The standard InChI is InChI=1S/C12H14N2O4/c1-17-4-5-18-14-12(16)8-2-3-10-9(6-8)7-11(15)13-10/h2-3,6H,4-5,7H2,1H3,(H,13,15)(H,14,16). The van der Waals surface area contributed by atoms with Crippen LogP contribution in [0.3, 0.4) is 0 Å². The van der Waals surface area contributed by atoms with E-state index in [0.717, 1.165) is 11.3 Å². The third-order valence-corrected chi connectivity index (χ3v) is 2.55. The Morgan fingerprint density at radius 1 is 1.44 bits per heavy atom. The summed E-state index contributed by atoms with van der Waals surface area (Å²) in [7, 11) is 1.55. The molecule has 18 heavy (non-hydrogen) atoms. The number of methoxy groups -OCH3 is 1. The van der Waals surface area contributed by atoms with Crippen LogP contribution in [0.1, 0.15) is 15.9 Å². The molecule has 0 fully saturated rings. The fourth-order valence-corrected chi connectivity index (χ4v) is 1.67. The Labute approximate surface area is 104 Å². The number of nitrogens with one attached hydrogen (secondary N) is 2. The SMILES string of the molecule is COCCONC(=O)c1ccc2c(c1)CC(=O)N2. The van der Waals surface area contributed by atoms with Gasteiger partial charge in [-0.2, -0.15) is 0 Å². The van der Waals surface area contributed by atoms with Gasteiger partial charge in [-0.3, -0.25) is 14.4 Å². The van der Waals surface area contributed by atoms with E-state index in [1.54, 1.807) is 25.3 Å². The van der Waals surface area contributed by atoms with Crippen LogP contribution < -0.4 is 10.8 Å². The molecule has 2 amide bonds. The molecule has 2 rings (SSSR count). The molecule has 6 heteroatoms. The Bertz CT molecular complexity index is 473. The lowest BCUT2D eigenvalue weighted by molar-refractivity contribution is -0.115. The minimum Gasteiger partial charge on any atom is -0.382 e. The number of hydrogen-bond acceptors (Lipinski definition) is 4. The molecule has 6 nitrogen and oxygen atoms in total. The van der Waals surface area contributed by atoms with Crippen LogP contribution in [0.4, 0.5) is 5.69 Å². The van der Waals surface area contributed by atoms with Gasteiger partial charge in [0.15, 0.2) is 0 Å². The monoisotopic (exact) mass is 250 g/mol. The van der Waals surface area contributed by atoms with Gasteiger partial charge in [0.25, 0.3) is 5.91 Å². The van der Waals surface area contributed by atoms with Crippen molar-refractivity contribution in [2.24, 2.45) is 0 Å². The Hall–Kier alpha value is -1.92. The number of anilines is 1. The van der Waals surface area contributed by atoms with Crippen molar-refractivity contribution in [2.75, 3.05) is 25.6 Å². The van der Waals surface area contributed by atoms with E-state index in [1.807, 2.05) is 0 Å². The largest absolute Gasteiger partial charge is 0.382 e. The van der Waals surface area contributed by atoms with Crippen LogP contribution in [-0.4, -0.2) is 32.1 Å². The molecule has 0 saturated carbocycles. The van der Waals surface area contributed by atoms with Gasteiger partial charge in [0.2, 0.25) is 5.91 Å². The van der Waals surface area contributed by atoms with Crippen LogP contribution >= 0.6 is 0 Å². The highest BCUT2D eigenvalue weighted by atomic mass is 16.7. The van der Waals surface area contributed by atoms with Crippen molar-refractivity contribution in [3.05, 3.63) is 29.3 Å². The topological polar surface area (TPSA) is 76.7 Å². The smallest absolute Gasteiger partial charge is 0.274 e. The third kappa shape index (κ3) is 2.85. The first-order valence-electron chi connectivity index (χ1n) is 5.54. The molecule has 1 aromatic carbocycles. The van der Waals surface area contributed by atoms with Crippen LogP contribution in [0, 0.1) is 0 Å². The van der Waals surface area contributed by atoms with E-state index in [4.69, 9.17) is 9.57 Å². The summed E-state index contributed by atoms with van der Waals surface area (Å²) >= 11 is 0. The zero-order valence-electron chi connectivity index (χ0n) is 9.99. The molecule has 0 bridgehead atoms. The van der Waals surface area contributed by atoms with Gasteiger partial charge in [-0.1, -0.05) is 0 Å². The average molecular weight is 250 g/mol. The first-order valence-corrected chi connectivity index (χ1v) is 5.54. The molecule has 1 aliphatic heterocycles. The van der Waals surface area contributed by atoms with Crippen molar-refractivity contribution in [3.63, 3.8) is 0 Å². The fourth-order valence-electron chi connectivity index (χ4n) is 1.67. The molecule has 96 valence electrons. The van der Waals surface area contributed by atoms with E-state index >= 15 is 0 Å². The molecule has 0 radical (unpaired) electrons. The number of carbonyl (C=O) groups excluding carboxylic acids is 2. The Morgan fingerprint density at radius 2 is 2.28 bits per heavy atom. The summed E-state index contributed by atoms with van der Waals surface area (Å²) in [5.41, 5.74) is 4.36. The van der Waals surface area contributed by atoms with Gasteiger partial charge in [0.1, 0.15) is 0 Å². The van der Waals surface area contributed by atoms with Crippen LogP contribution in [-0.2, 0) is 20.8 Å². The average Bonchev–Trinajstić information content (AvgIpc) is 2.73. The summed E-state index contributed by atoms with van der Waals surface area (Å²) < 4.78 is 4.78. The van der Waals surface area contributed by atoms with E-state index in [-0.39, 0.29) is 18.4 Å². The van der Waals surface area contributed by atoms with E-state index in [9.17, 15) is 9.59 Å². The van der Waals surface area contributed by atoms with Crippen LogP contribution in [0.15, 0.2) is 18.2 Å². The maximum atomic E-state index is 11.7. The molecular weight excluding hydrogens is 236 g/mol. The molecule has 0 aromatic heterocycles. The zero-order chi connectivity index (χ0) is 13.0. The van der Waals surface area contributed by atoms with E-state index in [1.165, 1.54) is 0 Å². The van der Waals surface area contributed by atoms with E-state index < -0.39 is 0 Å². The number of amides is 2. The lowest BCUT2D eigenvalue weighted by atomic mass is 10.1. The highest BCUT2D eigenvalue weighted by molar-refractivity contribution is 6.01. The number of rotatable bonds is 5. The second-order valence-corrected chi connectivity index (χ2v) is 3.87. The molecule has 2 N–H and O–H groups in total. The summed E-state index contributed by atoms with van der Waals surface area (Å²) in [6, 6.07) is 5.03. The summed E-state index contributed by atoms with van der Waals surface area (Å²) in [4.78, 5) is 27.8. The predicted molar refractivity (Wildman–Crippen MR) is 64.1 cm³/mol. The highest BCUT2D eigenvalue weighted by Crippen LogP contribution is 2.23. The quantitative estimate of drug-likeness (QED) is 0.589. The molecule has 0 unspecified atom stereocenters. The molecule has 0 saturated heterocycles. The van der Waals surface area contributed by atoms with E-state index in [2.05, 4.69) is 10.8 Å². The minimum absolute atomic E-state index is 0.0566. The Kier molecular flexibility index (Phi) is 3.91. The van der Waals surface area contributed by atoms with E-state index in [0.29, 0.717) is 18.6 Å². The summed E-state index contributed by atoms with van der Waals surface area (Å²) in [6.07, 6.45) is 0.307. The van der Waals surface area contributed by atoms with Crippen molar-refractivity contribution in [2.45, 2.75) is 6.42 Å². The van der Waals surface area contributed by atoms with Crippen molar-refractivity contribution < 1.29 is 19.2 Å². The summed E-state index contributed by atoms with van der Waals surface area (Å²) in [5.74, 6) is -0.396. The summed E-state index contributed by atoms with van der Waals surface area (Å²) in [6.45, 7) is 0.691. The van der Waals surface area contributed by atoms with Crippen molar-refractivity contribution in [3.8, 4) is 0 Å². The maximum absolute atomic E-state index is 11.7. The zero-order valence-corrected chi connectivity index (χ0v) is 9.99. The van der Waals surface area contributed by atoms with Crippen LogP contribution in [0.25, 0.3) is 0 Å². The number of fused-ring (bicyclic) bond motifs is 1. The number of hydroxylamine groups is 1. The van der Waals surface area contributed by atoms with Gasteiger partial charge in [-0.05, 0) is 23.8 Å². The Balaban J connectivity index is 1.95. The number of hydrogen-bond donors (Lipinski definition) is 2. The first-order chi connectivity index (χ1) is 8.70. The van der Waals surface area contributed by atoms with Gasteiger partial charge in [-0.15, -0.1) is 0 Å². The maximum Gasteiger partial charge on any atom is 0.274 e. The number of ether oxygens (including phenoxy) is 1. The minimum atomic E-state index is -0.340. The Morgan fingerprint density at radius 3 is 3.06 bits per heavy atom. The van der Waals surface area contributed by atoms with Crippen molar-refractivity contribution in [1.29, 1.82) is 0 Å². The second kappa shape index (κ2) is 5.61. The lowest BCUT2D eigenvalue weighted by Gasteiger charge is -2.06. The number of carbonyl (C=O) groups is 2. The van der Waals surface area contributed by atoms with Gasteiger partial charge in [-0.25, -0.2) is 5.48 Å².